The maximum Gasteiger partial charge on any atom is 1.00 e. The molecule has 0 heterocycles. The summed E-state index contributed by atoms with van der Waals surface area (Å²) < 4.78 is 5.56. The van der Waals surface area contributed by atoms with Crippen molar-refractivity contribution in [3.63, 3.8) is 0 Å². The molecule has 0 aliphatic carbocycles. The molecule has 0 N–H and O–H groups in total. The van der Waals surface area contributed by atoms with E-state index in [0.29, 0.717) is 0 Å². The molecule has 0 bridgehead atoms. The van der Waals surface area contributed by atoms with Crippen LogP contribution in [-0.4, -0.2) is 12.1 Å². The standard InChI is InChI=1S/C18H21O2P.Li/c1-4-12-20-15-8-10-16(11-9-15)21-18(19)17-13(2)6-5-7-14(17)3;/h5-11,21H,4,12H2,1-3H3;/q;+1. The van der Waals surface area contributed by atoms with Gasteiger partial charge in [0.25, 0.3) is 0 Å². The van der Waals surface area contributed by atoms with Crippen molar-refractivity contribution in [2.75, 3.05) is 6.61 Å². The van der Waals surface area contributed by atoms with Gasteiger partial charge in [0.1, 0.15) is 5.75 Å². The third kappa shape index (κ3) is 4.99. The third-order valence-corrected chi connectivity index (χ3v) is 4.39. The summed E-state index contributed by atoms with van der Waals surface area (Å²) in [4.78, 5) is 12.5. The molecule has 2 nitrogen and oxygen atoms in total. The van der Waals surface area contributed by atoms with E-state index >= 15 is 0 Å². The fraction of sp³-hybridized carbons (Fsp3) is 0.278. The van der Waals surface area contributed by atoms with Crippen molar-refractivity contribution in [1.82, 2.24) is 0 Å². The molecule has 0 amide bonds. The Morgan fingerprint density at radius 2 is 1.64 bits per heavy atom. The molecule has 22 heavy (non-hydrogen) atoms. The second-order valence-electron chi connectivity index (χ2n) is 5.09. The summed E-state index contributed by atoms with van der Waals surface area (Å²) in [5.74, 6) is 0.866. The van der Waals surface area contributed by atoms with Crippen LogP contribution in [0.5, 0.6) is 5.75 Å². The van der Waals surface area contributed by atoms with E-state index in [1.807, 2.05) is 56.3 Å². The van der Waals surface area contributed by atoms with Crippen LogP contribution in [-0.2, 0) is 0 Å². The number of hydrogen-bond donors (Lipinski definition) is 0. The Hall–Kier alpha value is -1.06. The first-order chi connectivity index (χ1) is 10.1. The Morgan fingerprint density at radius 3 is 2.18 bits per heavy atom. The molecule has 0 radical (unpaired) electrons. The summed E-state index contributed by atoms with van der Waals surface area (Å²) in [6, 6.07) is 13.8. The Labute approximate surface area is 146 Å². The molecule has 0 aliphatic rings. The summed E-state index contributed by atoms with van der Waals surface area (Å²) in [6.45, 7) is 6.79. The molecule has 2 aromatic carbocycles. The van der Waals surface area contributed by atoms with Gasteiger partial charge in [0.15, 0.2) is 5.52 Å². The predicted molar refractivity (Wildman–Crippen MR) is 90.4 cm³/mol. The molecule has 0 aromatic heterocycles. The minimum atomic E-state index is 0. The average Bonchev–Trinajstić information content (AvgIpc) is 2.46. The quantitative estimate of drug-likeness (QED) is 0.593. The van der Waals surface area contributed by atoms with Crippen molar-refractivity contribution in [3.8, 4) is 5.75 Å². The van der Waals surface area contributed by atoms with Crippen molar-refractivity contribution in [1.29, 1.82) is 0 Å². The van der Waals surface area contributed by atoms with E-state index < -0.39 is 0 Å². The van der Waals surface area contributed by atoms with Gasteiger partial charge in [-0.2, -0.15) is 0 Å². The van der Waals surface area contributed by atoms with E-state index in [0.717, 1.165) is 40.8 Å². The Balaban J connectivity index is 0.00000242. The van der Waals surface area contributed by atoms with Crippen LogP contribution in [0.4, 0.5) is 0 Å². The first-order valence-electron chi connectivity index (χ1n) is 7.22. The minimum Gasteiger partial charge on any atom is -0.494 e. The summed E-state index contributed by atoms with van der Waals surface area (Å²) in [6.07, 6.45) is 0.995. The predicted octanol–water partition coefficient (Wildman–Crippen LogP) is 1.24. The van der Waals surface area contributed by atoms with Gasteiger partial charge in [0, 0.05) is 5.56 Å². The topological polar surface area (TPSA) is 26.3 Å². The first-order valence-corrected chi connectivity index (χ1v) is 8.22. The fourth-order valence-electron chi connectivity index (χ4n) is 2.22. The van der Waals surface area contributed by atoms with Gasteiger partial charge in [0.2, 0.25) is 0 Å². The van der Waals surface area contributed by atoms with Crippen LogP contribution in [0.15, 0.2) is 42.5 Å². The van der Waals surface area contributed by atoms with Gasteiger partial charge in [0.05, 0.1) is 6.61 Å². The van der Waals surface area contributed by atoms with E-state index in [9.17, 15) is 4.79 Å². The van der Waals surface area contributed by atoms with Crippen LogP contribution in [0.3, 0.4) is 0 Å². The van der Waals surface area contributed by atoms with Crippen LogP contribution < -0.4 is 28.9 Å². The molecule has 0 saturated carbocycles. The normalized spacial score (nSPS) is 10.5. The molecular formula is C18H21LiO2P+. The van der Waals surface area contributed by atoms with Gasteiger partial charge in [-0.25, -0.2) is 0 Å². The smallest absolute Gasteiger partial charge is 0.494 e. The van der Waals surface area contributed by atoms with E-state index in [1.54, 1.807) is 0 Å². The first kappa shape index (κ1) is 19.0. The zero-order valence-electron chi connectivity index (χ0n) is 13.8. The van der Waals surface area contributed by atoms with Gasteiger partial charge in [-0.1, -0.05) is 37.3 Å². The summed E-state index contributed by atoms with van der Waals surface area (Å²) in [5.41, 5.74) is 3.17. The SMILES string of the molecule is CCCOc1ccc(PC(=O)c2c(C)cccc2C)cc1.[Li+]. The Morgan fingerprint density at radius 1 is 1.05 bits per heavy atom. The van der Waals surface area contributed by atoms with Crippen molar-refractivity contribution >= 4 is 19.4 Å². The van der Waals surface area contributed by atoms with E-state index in [4.69, 9.17) is 4.74 Å². The van der Waals surface area contributed by atoms with Gasteiger partial charge in [-0.3, -0.25) is 4.79 Å². The van der Waals surface area contributed by atoms with Crippen LogP contribution in [0, 0.1) is 13.8 Å². The van der Waals surface area contributed by atoms with Crippen molar-refractivity contribution in [2.24, 2.45) is 0 Å². The van der Waals surface area contributed by atoms with Crippen molar-refractivity contribution in [2.45, 2.75) is 27.2 Å². The fourth-order valence-corrected chi connectivity index (χ4v) is 3.34. The largest absolute Gasteiger partial charge is 1.00 e. The minimum absolute atomic E-state index is 0. The average molecular weight is 307 g/mol. The van der Waals surface area contributed by atoms with Gasteiger partial charge in [-0.15, -0.1) is 0 Å². The molecule has 0 fully saturated rings. The molecule has 0 aliphatic heterocycles. The zero-order chi connectivity index (χ0) is 15.2. The van der Waals surface area contributed by atoms with Crippen LogP contribution >= 0.6 is 8.58 Å². The summed E-state index contributed by atoms with van der Waals surface area (Å²) in [5, 5.41) is 1.05. The van der Waals surface area contributed by atoms with Crippen molar-refractivity contribution in [3.05, 3.63) is 59.2 Å². The molecule has 1 atom stereocenters. The summed E-state index contributed by atoms with van der Waals surface area (Å²) >= 11 is 0. The van der Waals surface area contributed by atoms with Gasteiger partial charge in [-0.05, 0) is 57.4 Å². The van der Waals surface area contributed by atoms with Crippen LogP contribution in [0.25, 0.3) is 0 Å². The molecule has 2 aromatic rings. The molecule has 2 rings (SSSR count). The van der Waals surface area contributed by atoms with Gasteiger partial charge < -0.3 is 4.74 Å². The summed E-state index contributed by atoms with van der Waals surface area (Å²) in [7, 11) is 0.153. The van der Waals surface area contributed by atoms with Crippen molar-refractivity contribution < 1.29 is 28.4 Å². The number of aryl methyl sites for hydroxylation is 2. The maximum absolute atomic E-state index is 12.5. The van der Waals surface area contributed by atoms with Gasteiger partial charge >= 0.3 is 18.9 Å². The molecule has 1 unspecified atom stereocenters. The number of ether oxygens (including phenoxy) is 1. The number of hydrogen-bond acceptors (Lipinski definition) is 2. The second kappa shape index (κ2) is 9.16. The van der Waals surface area contributed by atoms with E-state index in [2.05, 4.69) is 6.92 Å². The molecule has 0 saturated heterocycles. The monoisotopic (exact) mass is 307 g/mol. The van der Waals surface area contributed by atoms with E-state index in [1.165, 1.54) is 0 Å². The number of benzene rings is 2. The van der Waals surface area contributed by atoms with E-state index in [-0.39, 0.29) is 33.0 Å². The second-order valence-corrected chi connectivity index (χ2v) is 6.38. The molecule has 4 heteroatoms. The third-order valence-electron chi connectivity index (χ3n) is 3.29. The Kier molecular flexibility index (Phi) is 7.91. The number of carbonyl (C=O) groups is 1. The van der Waals surface area contributed by atoms with Crippen LogP contribution in [0.2, 0.25) is 0 Å². The molecule has 0 spiro atoms. The zero-order valence-corrected chi connectivity index (χ0v) is 14.8. The molecule has 110 valence electrons. The molecular weight excluding hydrogens is 286 g/mol. The van der Waals surface area contributed by atoms with Crippen LogP contribution in [0.1, 0.15) is 34.8 Å². The number of carbonyl (C=O) groups excluding carboxylic acids is 1. The maximum atomic E-state index is 12.5. The number of rotatable bonds is 6. The Bertz CT molecular complexity index is 603.